The van der Waals surface area contributed by atoms with Gasteiger partial charge in [-0.25, -0.2) is 0 Å². The average Bonchev–Trinajstić information content (AvgIpc) is 2.57. The molecule has 0 heterocycles. The third-order valence-corrected chi connectivity index (χ3v) is 2.57. The molecule has 0 fully saturated rings. The molecule has 0 aromatic carbocycles. The third-order valence-electron chi connectivity index (χ3n) is 2.57. The van der Waals surface area contributed by atoms with E-state index >= 15 is 0 Å². The molecule has 0 bridgehead atoms. The molecular formula is C14H31N5O8. The molecule has 160 valence electrons. The van der Waals surface area contributed by atoms with Crippen molar-refractivity contribution in [2.75, 3.05) is 13.1 Å². The molecule has 0 aliphatic carbocycles. The van der Waals surface area contributed by atoms with Crippen molar-refractivity contribution in [1.29, 1.82) is 0 Å². The minimum atomic E-state index is -0.933. The zero-order valence-electron chi connectivity index (χ0n) is 15.2. The highest BCUT2D eigenvalue weighted by molar-refractivity contribution is 5.73. The van der Waals surface area contributed by atoms with Gasteiger partial charge in [0.2, 0.25) is 0 Å². The summed E-state index contributed by atoms with van der Waals surface area (Å²) in [6.45, 7) is 1.21. The standard InChI is InChI=1S/2C6H14N2O2.2CO2.H3N/c2*7-4-2-1-3-5(8)6(9)10;2*2-1-3;/h2*5H,1-4,7-8H2,(H,9,10);;;1H3. The van der Waals surface area contributed by atoms with Crippen molar-refractivity contribution in [1.82, 2.24) is 6.15 Å². The summed E-state index contributed by atoms with van der Waals surface area (Å²) < 4.78 is 0. The van der Waals surface area contributed by atoms with Crippen molar-refractivity contribution in [2.24, 2.45) is 22.9 Å². The van der Waals surface area contributed by atoms with Gasteiger partial charge >= 0.3 is 24.2 Å². The van der Waals surface area contributed by atoms with Crippen LogP contribution in [0.3, 0.4) is 0 Å². The molecule has 0 amide bonds. The Bertz CT molecular complexity index is 372. The number of carboxylic acid groups (broad SMARTS) is 2. The SMILES string of the molecule is N.NCCCCC(N)C(=O)O.NCCCCC(N)C(=O)O.O=C=O.O=C=O. The Kier molecular flexibility index (Phi) is 41.2. The maximum absolute atomic E-state index is 10.1. The van der Waals surface area contributed by atoms with Crippen molar-refractivity contribution in [3.63, 3.8) is 0 Å². The summed E-state index contributed by atoms with van der Waals surface area (Å²) in [5, 5.41) is 16.7. The van der Waals surface area contributed by atoms with Crippen LogP contribution in [-0.2, 0) is 28.8 Å². The Morgan fingerprint density at radius 3 is 1.07 bits per heavy atom. The van der Waals surface area contributed by atoms with E-state index in [2.05, 4.69) is 0 Å². The Morgan fingerprint density at radius 1 is 0.704 bits per heavy atom. The van der Waals surface area contributed by atoms with Crippen LogP contribution in [0.5, 0.6) is 0 Å². The topological polar surface area (TPSA) is 282 Å². The number of hydrogen-bond donors (Lipinski definition) is 7. The second-order valence-electron chi connectivity index (χ2n) is 4.63. The van der Waals surface area contributed by atoms with E-state index in [4.69, 9.17) is 52.3 Å². The van der Waals surface area contributed by atoms with Crippen LogP contribution >= 0.6 is 0 Å². The number of carboxylic acids is 2. The van der Waals surface area contributed by atoms with Crippen LogP contribution in [0.4, 0.5) is 0 Å². The highest BCUT2D eigenvalue weighted by atomic mass is 16.4. The highest BCUT2D eigenvalue weighted by Gasteiger charge is 2.09. The van der Waals surface area contributed by atoms with Crippen molar-refractivity contribution >= 4 is 24.2 Å². The fraction of sp³-hybridized carbons (Fsp3) is 0.714. The Labute approximate surface area is 157 Å². The zero-order valence-corrected chi connectivity index (χ0v) is 15.2. The number of nitrogens with two attached hydrogens (primary N) is 4. The maximum Gasteiger partial charge on any atom is 0.373 e. The minimum Gasteiger partial charge on any atom is -0.480 e. The summed E-state index contributed by atoms with van der Waals surface area (Å²) in [4.78, 5) is 52.8. The summed E-state index contributed by atoms with van der Waals surface area (Å²) >= 11 is 0. The van der Waals surface area contributed by atoms with Gasteiger partial charge in [0.25, 0.3) is 0 Å². The fourth-order valence-electron chi connectivity index (χ4n) is 1.26. The average molecular weight is 397 g/mol. The zero-order chi connectivity index (χ0) is 21.4. The second-order valence-corrected chi connectivity index (χ2v) is 4.63. The van der Waals surface area contributed by atoms with Crippen molar-refractivity contribution in [3.05, 3.63) is 0 Å². The van der Waals surface area contributed by atoms with Gasteiger partial charge in [0.05, 0.1) is 0 Å². The molecule has 0 aliphatic rings. The van der Waals surface area contributed by atoms with Gasteiger partial charge in [0.15, 0.2) is 0 Å². The van der Waals surface area contributed by atoms with E-state index in [0.717, 1.165) is 25.7 Å². The number of carbonyl (C=O) groups is 2. The van der Waals surface area contributed by atoms with Gasteiger partial charge in [-0.15, -0.1) is 0 Å². The van der Waals surface area contributed by atoms with Gasteiger partial charge in [-0.1, -0.05) is 12.8 Å². The summed E-state index contributed by atoms with van der Waals surface area (Å²) in [6, 6.07) is -1.43. The first-order chi connectivity index (χ1) is 12.2. The van der Waals surface area contributed by atoms with Crippen LogP contribution in [0.2, 0.25) is 0 Å². The minimum absolute atomic E-state index is 0. The summed E-state index contributed by atoms with van der Waals surface area (Å²) in [5.74, 6) is -1.87. The van der Waals surface area contributed by atoms with Crippen molar-refractivity contribution in [2.45, 2.75) is 50.6 Å². The molecule has 2 unspecified atom stereocenters. The molecule has 13 nitrogen and oxygen atoms in total. The largest absolute Gasteiger partial charge is 0.480 e. The lowest BCUT2D eigenvalue weighted by atomic mass is 10.1. The molecule has 0 aromatic rings. The first-order valence-corrected chi connectivity index (χ1v) is 7.55. The molecule has 0 spiro atoms. The van der Waals surface area contributed by atoms with Crippen LogP contribution in [0, 0.1) is 0 Å². The van der Waals surface area contributed by atoms with Gasteiger partial charge in [0.1, 0.15) is 12.1 Å². The molecule has 2 atom stereocenters. The quantitative estimate of drug-likeness (QED) is 0.197. The fourth-order valence-corrected chi connectivity index (χ4v) is 1.26. The Hall–Kier alpha value is -2.50. The molecule has 13 heteroatoms. The smallest absolute Gasteiger partial charge is 0.373 e. The predicted molar refractivity (Wildman–Crippen MR) is 92.1 cm³/mol. The number of rotatable bonds is 10. The van der Waals surface area contributed by atoms with Crippen LogP contribution in [-0.4, -0.2) is 59.6 Å². The van der Waals surface area contributed by atoms with Crippen molar-refractivity contribution < 1.29 is 39.0 Å². The molecule has 0 saturated carbocycles. The molecule has 0 saturated heterocycles. The lowest BCUT2D eigenvalue weighted by Crippen LogP contribution is -2.29. The van der Waals surface area contributed by atoms with Crippen LogP contribution < -0.4 is 29.1 Å². The molecular weight excluding hydrogens is 366 g/mol. The molecule has 0 radical (unpaired) electrons. The first-order valence-electron chi connectivity index (χ1n) is 7.55. The normalized spacial score (nSPS) is 10.2. The van der Waals surface area contributed by atoms with E-state index < -0.39 is 24.0 Å². The van der Waals surface area contributed by atoms with E-state index in [1.165, 1.54) is 0 Å². The van der Waals surface area contributed by atoms with E-state index in [1.54, 1.807) is 0 Å². The summed E-state index contributed by atoms with van der Waals surface area (Å²) in [6.07, 6.45) is 4.83. The highest BCUT2D eigenvalue weighted by Crippen LogP contribution is 1.97. The van der Waals surface area contributed by atoms with Gasteiger partial charge in [-0.2, -0.15) is 19.2 Å². The number of unbranched alkanes of at least 4 members (excludes halogenated alkanes) is 2. The third kappa shape index (κ3) is 45.2. The van der Waals surface area contributed by atoms with E-state index in [9.17, 15) is 9.59 Å². The molecule has 0 rings (SSSR count). The molecule has 0 aliphatic heterocycles. The Balaban J connectivity index is -0.0000000899. The summed E-state index contributed by atoms with van der Waals surface area (Å²) in [7, 11) is 0. The van der Waals surface area contributed by atoms with E-state index in [-0.39, 0.29) is 18.5 Å². The lowest BCUT2D eigenvalue weighted by Gasteiger charge is -2.03. The number of aliphatic carboxylic acids is 2. The predicted octanol–water partition coefficient (Wildman–Crippen LogP) is -1.95. The Morgan fingerprint density at radius 2 is 0.926 bits per heavy atom. The van der Waals surface area contributed by atoms with Gasteiger partial charge in [-0.3, -0.25) is 9.59 Å². The van der Waals surface area contributed by atoms with Gasteiger partial charge < -0.3 is 39.3 Å². The second kappa shape index (κ2) is 31.3. The number of hydrogen-bond acceptors (Lipinski definition) is 11. The van der Waals surface area contributed by atoms with Crippen LogP contribution in [0.25, 0.3) is 0 Å². The van der Waals surface area contributed by atoms with Crippen LogP contribution in [0.15, 0.2) is 0 Å². The first kappa shape index (κ1) is 35.6. The van der Waals surface area contributed by atoms with Crippen molar-refractivity contribution in [3.8, 4) is 0 Å². The van der Waals surface area contributed by atoms with Gasteiger partial charge in [0, 0.05) is 0 Å². The van der Waals surface area contributed by atoms with Gasteiger partial charge in [-0.05, 0) is 38.8 Å². The maximum atomic E-state index is 10.1. The summed E-state index contributed by atoms with van der Waals surface area (Å²) in [5.41, 5.74) is 20.8. The van der Waals surface area contributed by atoms with E-state index in [1.807, 2.05) is 0 Å². The van der Waals surface area contributed by atoms with Crippen LogP contribution in [0.1, 0.15) is 38.5 Å². The molecule has 13 N–H and O–H groups in total. The lowest BCUT2D eigenvalue weighted by molar-refractivity contribution is -0.193. The molecule has 27 heavy (non-hydrogen) atoms. The number of carbonyl (C=O) groups excluding carboxylic acids is 4. The monoisotopic (exact) mass is 397 g/mol. The van der Waals surface area contributed by atoms with E-state index in [0.29, 0.717) is 25.9 Å². The molecule has 0 aromatic heterocycles.